The van der Waals surface area contributed by atoms with Gasteiger partial charge in [-0.15, -0.1) is 5.10 Å². The Labute approximate surface area is 128 Å². The summed E-state index contributed by atoms with van der Waals surface area (Å²) in [4.78, 5) is 0. The Kier molecular flexibility index (Phi) is 3.42. The van der Waals surface area contributed by atoms with Crippen molar-refractivity contribution in [3.05, 3.63) is 52.3 Å². The summed E-state index contributed by atoms with van der Waals surface area (Å²) in [5, 5.41) is 11.5. The van der Waals surface area contributed by atoms with Crippen LogP contribution in [-0.4, -0.2) is 20.2 Å². The third-order valence-electron chi connectivity index (χ3n) is 3.06. The first kappa shape index (κ1) is 13.7. The van der Waals surface area contributed by atoms with Crippen LogP contribution in [0.15, 0.2) is 40.9 Å². The summed E-state index contributed by atoms with van der Waals surface area (Å²) in [5.74, 6) is -0.0671. The number of aromatic nitrogens is 4. The van der Waals surface area contributed by atoms with E-state index in [-0.39, 0.29) is 11.4 Å². The molecule has 0 atom stereocenters. The number of halogens is 2. The summed E-state index contributed by atoms with van der Waals surface area (Å²) in [6.07, 6.45) is 0. The second-order valence-electron chi connectivity index (χ2n) is 4.59. The predicted molar refractivity (Wildman–Crippen MR) is 81.4 cm³/mol. The summed E-state index contributed by atoms with van der Waals surface area (Å²) < 4.78 is 16.7. The van der Waals surface area contributed by atoms with Crippen molar-refractivity contribution < 1.29 is 4.39 Å². The lowest BCUT2D eigenvalue weighted by atomic mass is 10.1. The topological polar surface area (TPSA) is 69.6 Å². The molecule has 3 rings (SSSR count). The quantitative estimate of drug-likeness (QED) is 0.723. The van der Waals surface area contributed by atoms with E-state index in [9.17, 15) is 4.39 Å². The number of aryl methyl sites for hydroxylation is 1. The van der Waals surface area contributed by atoms with Crippen LogP contribution in [0, 0.1) is 12.7 Å². The van der Waals surface area contributed by atoms with Crippen LogP contribution in [0.5, 0.6) is 0 Å². The molecule has 0 aliphatic carbocycles. The van der Waals surface area contributed by atoms with E-state index in [2.05, 4.69) is 31.5 Å². The standard InChI is InChI=1S/C14H11BrFN5/c1-8-6-10(17)7-12(13(8)16)14-18-19-20-21(14)11-4-2-9(15)3-5-11/h2-7H,17H2,1H3. The molecule has 1 heterocycles. The Bertz CT molecular complexity index is 798. The molecule has 2 aromatic carbocycles. The minimum absolute atomic E-state index is 0.278. The first-order valence-electron chi connectivity index (χ1n) is 6.16. The molecule has 0 aliphatic heterocycles. The van der Waals surface area contributed by atoms with Crippen molar-refractivity contribution >= 4 is 21.6 Å². The highest BCUT2D eigenvalue weighted by atomic mass is 79.9. The molecule has 0 bridgehead atoms. The fourth-order valence-electron chi connectivity index (χ4n) is 2.07. The van der Waals surface area contributed by atoms with Gasteiger partial charge in [0.2, 0.25) is 0 Å². The molecule has 7 heteroatoms. The molecule has 106 valence electrons. The van der Waals surface area contributed by atoms with Gasteiger partial charge in [-0.25, -0.2) is 4.39 Å². The molecule has 0 saturated carbocycles. The van der Waals surface area contributed by atoms with Gasteiger partial charge < -0.3 is 5.73 Å². The Morgan fingerprint density at radius 1 is 1.19 bits per heavy atom. The number of nitrogens with two attached hydrogens (primary N) is 1. The zero-order valence-electron chi connectivity index (χ0n) is 11.1. The maximum Gasteiger partial charge on any atom is 0.190 e. The normalized spacial score (nSPS) is 10.8. The summed E-state index contributed by atoms with van der Waals surface area (Å²) in [6, 6.07) is 10.5. The van der Waals surface area contributed by atoms with E-state index >= 15 is 0 Å². The largest absolute Gasteiger partial charge is 0.399 e. The molecule has 5 nitrogen and oxygen atoms in total. The smallest absolute Gasteiger partial charge is 0.190 e. The van der Waals surface area contributed by atoms with E-state index in [1.54, 1.807) is 13.0 Å². The Balaban J connectivity index is 2.18. The minimum atomic E-state index is -0.377. The first-order chi connectivity index (χ1) is 10.1. The van der Waals surface area contributed by atoms with E-state index in [1.807, 2.05) is 24.3 Å². The summed E-state index contributed by atoms with van der Waals surface area (Å²) >= 11 is 3.37. The molecule has 1 aromatic heterocycles. The third kappa shape index (κ3) is 2.52. The van der Waals surface area contributed by atoms with Crippen LogP contribution in [-0.2, 0) is 0 Å². The fraction of sp³-hybridized carbons (Fsp3) is 0.0714. The minimum Gasteiger partial charge on any atom is -0.399 e. The molecular formula is C14H11BrFN5. The highest BCUT2D eigenvalue weighted by Crippen LogP contribution is 2.27. The summed E-state index contributed by atoms with van der Waals surface area (Å²) in [7, 11) is 0. The highest BCUT2D eigenvalue weighted by Gasteiger charge is 2.17. The van der Waals surface area contributed by atoms with Crippen molar-refractivity contribution in [1.29, 1.82) is 0 Å². The van der Waals surface area contributed by atoms with Gasteiger partial charge in [-0.3, -0.25) is 0 Å². The van der Waals surface area contributed by atoms with Gasteiger partial charge in [0.1, 0.15) is 5.82 Å². The third-order valence-corrected chi connectivity index (χ3v) is 3.59. The van der Waals surface area contributed by atoms with Crippen LogP contribution in [0.25, 0.3) is 17.1 Å². The first-order valence-corrected chi connectivity index (χ1v) is 6.96. The zero-order chi connectivity index (χ0) is 15.0. The maximum absolute atomic E-state index is 14.3. The number of rotatable bonds is 2. The van der Waals surface area contributed by atoms with Gasteiger partial charge in [0.25, 0.3) is 0 Å². The van der Waals surface area contributed by atoms with Crippen LogP contribution in [0.1, 0.15) is 5.56 Å². The molecule has 0 saturated heterocycles. The molecule has 2 N–H and O–H groups in total. The van der Waals surface area contributed by atoms with Crippen LogP contribution in [0.3, 0.4) is 0 Å². The van der Waals surface area contributed by atoms with E-state index < -0.39 is 0 Å². The Morgan fingerprint density at radius 2 is 1.90 bits per heavy atom. The summed E-state index contributed by atoms with van der Waals surface area (Å²) in [5.41, 5.74) is 7.73. The SMILES string of the molecule is Cc1cc(N)cc(-c2nnnn2-c2ccc(Br)cc2)c1F. The lowest BCUT2D eigenvalue weighted by Gasteiger charge is -2.08. The number of hydrogen-bond acceptors (Lipinski definition) is 4. The van der Waals surface area contributed by atoms with Crippen molar-refractivity contribution in [1.82, 2.24) is 20.2 Å². The van der Waals surface area contributed by atoms with Crippen molar-refractivity contribution in [3.8, 4) is 17.1 Å². The maximum atomic E-state index is 14.3. The lowest BCUT2D eigenvalue weighted by molar-refractivity contribution is 0.620. The molecule has 21 heavy (non-hydrogen) atoms. The van der Waals surface area contributed by atoms with Gasteiger partial charge in [0.05, 0.1) is 11.3 Å². The van der Waals surface area contributed by atoms with Crippen molar-refractivity contribution in [2.45, 2.75) is 6.92 Å². The molecule has 0 aliphatic rings. The monoisotopic (exact) mass is 347 g/mol. The number of benzene rings is 2. The van der Waals surface area contributed by atoms with Gasteiger partial charge in [0.15, 0.2) is 5.82 Å². The zero-order valence-corrected chi connectivity index (χ0v) is 12.7. The van der Waals surface area contributed by atoms with Crippen LogP contribution >= 0.6 is 15.9 Å². The van der Waals surface area contributed by atoms with E-state index in [1.165, 1.54) is 10.7 Å². The number of anilines is 1. The predicted octanol–water partition coefficient (Wildman–Crippen LogP) is 3.12. The number of nitrogens with zero attached hydrogens (tertiary/aromatic N) is 4. The number of nitrogen functional groups attached to an aromatic ring is 1. The Morgan fingerprint density at radius 3 is 2.62 bits per heavy atom. The van der Waals surface area contributed by atoms with Crippen molar-refractivity contribution in [2.75, 3.05) is 5.73 Å². The number of tetrazole rings is 1. The highest BCUT2D eigenvalue weighted by molar-refractivity contribution is 9.10. The fourth-order valence-corrected chi connectivity index (χ4v) is 2.34. The second-order valence-corrected chi connectivity index (χ2v) is 5.51. The van der Waals surface area contributed by atoms with E-state index in [0.717, 1.165) is 10.2 Å². The van der Waals surface area contributed by atoms with Crippen LogP contribution in [0.2, 0.25) is 0 Å². The van der Waals surface area contributed by atoms with Crippen LogP contribution < -0.4 is 5.73 Å². The van der Waals surface area contributed by atoms with Gasteiger partial charge >= 0.3 is 0 Å². The molecule has 0 amide bonds. The van der Waals surface area contributed by atoms with Gasteiger partial charge in [0, 0.05) is 10.2 Å². The average molecular weight is 348 g/mol. The van der Waals surface area contributed by atoms with Gasteiger partial charge in [-0.05, 0) is 59.3 Å². The Hall–Kier alpha value is -2.28. The van der Waals surface area contributed by atoms with Crippen LogP contribution in [0.4, 0.5) is 10.1 Å². The van der Waals surface area contributed by atoms with Gasteiger partial charge in [-0.1, -0.05) is 15.9 Å². The average Bonchev–Trinajstić information content (AvgIpc) is 2.93. The lowest BCUT2D eigenvalue weighted by Crippen LogP contribution is -2.02. The molecule has 0 fully saturated rings. The van der Waals surface area contributed by atoms with E-state index in [4.69, 9.17) is 5.73 Å². The second kappa shape index (κ2) is 5.25. The molecule has 3 aromatic rings. The molecule has 0 radical (unpaired) electrons. The van der Waals surface area contributed by atoms with E-state index in [0.29, 0.717) is 17.1 Å². The van der Waals surface area contributed by atoms with Gasteiger partial charge in [-0.2, -0.15) is 4.68 Å². The molecule has 0 spiro atoms. The van der Waals surface area contributed by atoms with Crippen molar-refractivity contribution in [2.24, 2.45) is 0 Å². The summed E-state index contributed by atoms with van der Waals surface area (Å²) in [6.45, 7) is 1.66. The number of hydrogen-bond donors (Lipinski definition) is 1. The molecular weight excluding hydrogens is 337 g/mol. The molecule has 0 unspecified atom stereocenters. The van der Waals surface area contributed by atoms with Crippen molar-refractivity contribution in [3.63, 3.8) is 0 Å².